The lowest BCUT2D eigenvalue weighted by Crippen LogP contribution is -2.30. The second-order valence-electron chi connectivity index (χ2n) is 2.20. The number of sulfonamides is 1. The van der Waals surface area contributed by atoms with Gasteiger partial charge in [-0.1, -0.05) is 27.5 Å². The van der Waals surface area contributed by atoms with Gasteiger partial charge < -0.3 is 0 Å². The zero-order valence-corrected chi connectivity index (χ0v) is 9.45. The van der Waals surface area contributed by atoms with E-state index in [0.717, 1.165) is 0 Å². The molecular weight excluding hydrogens is 280 g/mol. The molecule has 1 rings (SSSR count). The van der Waals surface area contributed by atoms with E-state index in [1.807, 2.05) is 0 Å². The molecule has 1 aromatic carbocycles. The van der Waals surface area contributed by atoms with Crippen molar-refractivity contribution in [1.29, 1.82) is 0 Å². The normalized spacial score (nSPS) is 11.6. The summed E-state index contributed by atoms with van der Waals surface area (Å²) in [5, 5.41) is 0.118. The van der Waals surface area contributed by atoms with E-state index < -0.39 is 10.0 Å². The Labute approximate surface area is 89.2 Å². The average Bonchev–Trinajstić information content (AvgIpc) is 2.03. The summed E-state index contributed by atoms with van der Waals surface area (Å²) in [6.45, 7) is 0. The Morgan fingerprint density at radius 1 is 1.46 bits per heavy atom. The number of hydrogen-bond acceptors (Lipinski definition) is 3. The largest absolute Gasteiger partial charge is 0.257 e. The van der Waals surface area contributed by atoms with Crippen LogP contribution in [0.15, 0.2) is 27.6 Å². The molecule has 0 amide bonds. The van der Waals surface area contributed by atoms with Crippen molar-refractivity contribution in [3.63, 3.8) is 0 Å². The molecule has 0 radical (unpaired) electrons. The molecular formula is C6H6BrClN2O2S. The number of hydrazine groups is 1. The number of hydrogen-bond donors (Lipinski definition) is 2. The molecule has 3 N–H and O–H groups in total. The summed E-state index contributed by atoms with van der Waals surface area (Å²) in [6.07, 6.45) is 0. The second-order valence-corrected chi connectivity index (χ2v) is 5.20. The number of nitrogens with two attached hydrogens (primary N) is 1. The lowest BCUT2D eigenvalue weighted by molar-refractivity contribution is 0.584. The van der Waals surface area contributed by atoms with Gasteiger partial charge in [-0.25, -0.2) is 8.42 Å². The Balaban J connectivity index is 3.33. The van der Waals surface area contributed by atoms with Crippen LogP contribution in [0.25, 0.3) is 0 Å². The first-order valence-corrected chi connectivity index (χ1v) is 5.80. The molecule has 7 heteroatoms. The van der Waals surface area contributed by atoms with Crippen molar-refractivity contribution >= 4 is 37.6 Å². The molecule has 0 spiro atoms. The third-order valence-electron chi connectivity index (χ3n) is 1.34. The fraction of sp³-hybridized carbons (Fsp3) is 0. The van der Waals surface area contributed by atoms with E-state index in [1.165, 1.54) is 12.1 Å². The highest BCUT2D eigenvalue weighted by Gasteiger charge is 2.15. The Bertz CT molecular complexity index is 421. The van der Waals surface area contributed by atoms with E-state index in [4.69, 9.17) is 17.4 Å². The van der Waals surface area contributed by atoms with Crippen molar-refractivity contribution in [3.8, 4) is 0 Å². The van der Waals surface area contributed by atoms with Gasteiger partial charge in [0, 0.05) is 4.47 Å². The smallest absolute Gasteiger partial charge is 0.254 e. The van der Waals surface area contributed by atoms with Gasteiger partial charge in [0.15, 0.2) is 0 Å². The van der Waals surface area contributed by atoms with Crippen molar-refractivity contribution in [3.05, 3.63) is 27.7 Å². The summed E-state index contributed by atoms with van der Waals surface area (Å²) in [5.41, 5.74) is 0. The van der Waals surface area contributed by atoms with Crippen molar-refractivity contribution in [2.75, 3.05) is 0 Å². The molecule has 0 aliphatic rings. The van der Waals surface area contributed by atoms with E-state index in [2.05, 4.69) is 15.9 Å². The molecule has 0 unspecified atom stereocenters. The second kappa shape index (κ2) is 3.93. The Morgan fingerprint density at radius 3 is 2.54 bits per heavy atom. The third-order valence-corrected chi connectivity index (χ3v) is 3.50. The average molecular weight is 286 g/mol. The molecule has 0 aliphatic heterocycles. The number of halogens is 2. The molecule has 0 bridgehead atoms. The van der Waals surface area contributed by atoms with Gasteiger partial charge in [-0.05, 0) is 18.2 Å². The van der Waals surface area contributed by atoms with E-state index in [9.17, 15) is 8.42 Å². The molecule has 0 saturated carbocycles. The highest BCUT2D eigenvalue weighted by molar-refractivity contribution is 9.10. The Morgan fingerprint density at radius 2 is 2.08 bits per heavy atom. The molecule has 0 fully saturated rings. The number of benzene rings is 1. The van der Waals surface area contributed by atoms with Crippen LogP contribution < -0.4 is 10.7 Å². The quantitative estimate of drug-likeness (QED) is 0.634. The van der Waals surface area contributed by atoms with Gasteiger partial charge in [0.1, 0.15) is 4.90 Å². The monoisotopic (exact) mass is 284 g/mol. The fourth-order valence-corrected chi connectivity index (χ4v) is 2.42. The van der Waals surface area contributed by atoms with E-state index in [0.29, 0.717) is 4.47 Å². The van der Waals surface area contributed by atoms with Crippen molar-refractivity contribution in [1.82, 2.24) is 4.83 Å². The van der Waals surface area contributed by atoms with Gasteiger partial charge >= 0.3 is 0 Å². The topological polar surface area (TPSA) is 72.2 Å². The minimum absolute atomic E-state index is 0.0418. The Hall–Kier alpha value is -0.140. The molecule has 0 aliphatic carbocycles. The lowest BCUT2D eigenvalue weighted by Gasteiger charge is -2.04. The number of rotatable bonds is 2. The molecule has 0 heterocycles. The summed E-state index contributed by atoms with van der Waals surface area (Å²) in [5.74, 6) is 4.84. The predicted octanol–water partition coefficient (Wildman–Crippen LogP) is 1.25. The summed E-state index contributed by atoms with van der Waals surface area (Å²) in [7, 11) is -3.67. The SMILES string of the molecule is NNS(=O)(=O)c1ccc(Br)cc1Cl. The molecule has 72 valence electrons. The van der Waals surface area contributed by atoms with Crippen LogP contribution in [-0.2, 0) is 10.0 Å². The zero-order valence-electron chi connectivity index (χ0n) is 6.29. The maximum absolute atomic E-state index is 11.2. The molecule has 0 saturated heterocycles. The summed E-state index contributed by atoms with van der Waals surface area (Å²) in [6, 6.07) is 4.41. The minimum Gasteiger partial charge on any atom is -0.257 e. The predicted molar refractivity (Wildman–Crippen MR) is 53.7 cm³/mol. The van der Waals surface area contributed by atoms with E-state index >= 15 is 0 Å². The van der Waals surface area contributed by atoms with Crippen molar-refractivity contribution in [2.24, 2.45) is 5.84 Å². The van der Waals surface area contributed by atoms with Crippen LogP contribution in [-0.4, -0.2) is 8.42 Å². The first-order valence-electron chi connectivity index (χ1n) is 3.15. The van der Waals surface area contributed by atoms with Crippen LogP contribution >= 0.6 is 27.5 Å². The van der Waals surface area contributed by atoms with Crippen LogP contribution in [0, 0.1) is 0 Å². The molecule has 0 aromatic heterocycles. The van der Waals surface area contributed by atoms with Gasteiger partial charge in [-0.3, -0.25) is 5.84 Å². The van der Waals surface area contributed by atoms with Crippen molar-refractivity contribution in [2.45, 2.75) is 4.90 Å². The van der Waals surface area contributed by atoms with Crippen LogP contribution in [0.5, 0.6) is 0 Å². The molecule has 0 atom stereocenters. The van der Waals surface area contributed by atoms with Crippen LogP contribution in [0.2, 0.25) is 5.02 Å². The van der Waals surface area contributed by atoms with E-state index in [-0.39, 0.29) is 9.92 Å². The standard InChI is InChI=1S/C6H6BrClN2O2S/c7-4-1-2-6(5(8)3-4)13(11,12)10-9/h1-3,10H,9H2. The first-order chi connectivity index (χ1) is 5.97. The van der Waals surface area contributed by atoms with Gasteiger partial charge in [-0.2, -0.15) is 4.83 Å². The molecule has 4 nitrogen and oxygen atoms in total. The number of nitrogens with one attached hydrogen (secondary N) is 1. The van der Waals surface area contributed by atoms with Gasteiger partial charge in [0.2, 0.25) is 0 Å². The van der Waals surface area contributed by atoms with Crippen LogP contribution in [0.1, 0.15) is 0 Å². The summed E-state index contributed by atoms with van der Waals surface area (Å²) < 4.78 is 23.1. The zero-order chi connectivity index (χ0) is 10.1. The Kier molecular flexibility index (Phi) is 3.31. The van der Waals surface area contributed by atoms with Gasteiger partial charge in [0.05, 0.1) is 5.02 Å². The third kappa shape index (κ3) is 2.41. The maximum Gasteiger partial charge on any atom is 0.254 e. The summed E-state index contributed by atoms with van der Waals surface area (Å²) in [4.78, 5) is 1.65. The minimum atomic E-state index is -3.67. The highest BCUT2D eigenvalue weighted by Crippen LogP contribution is 2.24. The van der Waals surface area contributed by atoms with Gasteiger partial charge in [0.25, 0.3) is 10.0 Å². The molecule has 1 aromatic rings. The molecule has 13 heavy (non-hydrogen) atoms. The summed E-state index contributed by atoms with van der Waals surface area (Å²) >= 11 is 8.84. The fourth-order valence-electron chi connectivity index (χ4n) is 0.757. The first kappa shape index (κ1) is 10.9. The lowest BCUT2D eigenvalue weighted by atomic mass is 10.4. The van der Waals surface area contributed by atoms with Gasteiger partial charge in [-0.15, -0.1) is 0 Å². The van der Waals surface area contributed by atoms with E-state index in [1.54, 1.807) is 10.9 Å². The van der Waals surface area contributed by atoms with Crippen molar-refractivity contribution < 1.29 is 8.42 Å². The highest BCUT2D eigenvalue weighted by atomic mass is 79.9. The van der Waals surface area contributed by atoms with Crippen LogP contribution in [0.4, 0.5) is 0 Å². The van der Waals surface area contributed by atoms with Crippen LogP contribution in [0.3, 0.4) is 0 Å². The maximum atomic E-state index is 11.2.